The lowest BCUT2D eigenvalue weighted by atomic mass is 10.2. The molecule has 0 radical (unpaired) electrons. The largest absolute Gasteiger partial charge is 0.378 e. The third-order valence-electron chi connectivity index (χ3n) is 3.63. The van der Waals surface area contributed by atoms with Gasteiger partial charge in [-0.1, -0.05) is 11.6 Å². The summed E-state index contributed by atoms with van der Waals surface area (Å²) in [6, 6.07) is 5.03. The molecule has 0 unspecified atom stereocenters. The predicted molar refractivity (Wildman–Crippen MR) is 90.0 cm³/mol. The molecule has 10 heteroatoms. The molecule has 1 aromatic heterocycles. The third kappa shape index (κ3) is 4.31. The second-order valence-electron chi connectivity index (χ2n) is 5.51. The molecule has 1 N–H and O–H groups in total. The number of anilines is 1. The van der Waals surface area contributed by atoms with Crippen molar-refractivity contribution in [2.45, 2.75) is 13.5 Å². The zero-order valence-corrected chi connectivity index (χ0v) is 14.4. The number of hydrogen-bond acceptors (Lipinski definition) is 6. The number of benzene rings is 1. The first-order valence-electron chi connectivity index (χ1n) is 7.74. The number of ether oxygens (including phenoxy) is 1. The summed E-state index contributed by atoms with van der Waals surface area (Å²) >= 11 is 6.15. The smallest absolute Gasteiger partial charge is 0.246 e. The average Bonchev–Trinajstić information content (AvgIpc) is 3.05. The standard InChI is InChI=1S/C15H17ClN6O3/c1-10(23)17-13-3-2-11(8-12(13)16)15-18-20-22(19-15)9-14(24)21-4-6-25-7-5-21/h2-3,8H,4-7,9H2,1H3,(H,17,23). The van der Waals surface area contributed by atoms with Crippen LogP contribution >= 0.6 is 11.6 Å². The van der Waals surface area contributed by atoms with Gasteiger partial charge < -0.3 is 15.0 Å². The molecule has 0 aliphatic carbocycles. The second-order valence-corrected chi connectivity index (χ2v) is 5.92. The summed E-state index contributed by atoms with van der Waals surface area (Å²) in [6.45, 7) is 3.65. The highest BCUT2D eigenvalue weighted by atomic mass is 35.5. The number of halogens is 1. The van der Waals surface area contributed by atoms with E-state index in [1.165, 1.54) is 11.7 Å². The Bertz CT molecular complexity index is 787. The van der Waals surface area contributed by atoms with E-state index in [0.717, 1.165) is 0 Å². The lowest BCUT2D eigenvalue weighted by Crippen LogP contribution is -2.42. The van der Waals surface area contributed by atoms with Gasteiger partial charge in [-0.05, 0) is 23.4 Å². The Labute approximate surface area is 148 Å². The highest BCUT2D eigenvalue weighted by Crippen LogP contribution is 2.26. The normalized spacial score (nSPS) is 14.4. The highest BCUT2D eigenvalue weighted by molar-refractivity contribution is 6.34. The Balaban J connectivity index is 1.69. The van der Waals surface area contributed by atoms with Crippen LogP contribution in [-0.2, 0) is 20.9 Å². The molecule has 0 atom stereocenters. The lowest BCUT2D eigenvalue weighted by molar-refractivity contribution is -0.136. The number of aromatic nitrogens is 4. The van der Waals surface area contributed by atoms with Crippen molar-refractivity contribution in [3.8, 4) is 11.4 Å². The fourth-order valence-electron chi connectivity index (χ4n) is 2.40. The van der Waals surface area contributed by atoms with Gasteiger partial charge in [-0.2, -0.15) is 4.80 Å². The van der Waals surface area contributed by atoms with Crippen LogP contribution in [0.3, 0.4) is 0 Å². The number of tetrazole rings is 1. The van der Waals surface area contributed by atoms with Gasteiger partial charge in [0.25, 0.3) is 0 Å². The van der Waals surface area contributed by atoms with Gasteiger partial charge in [-0.15, -0.1) is 10.2 Å². The second kappa shape index (κ2) is 7.58. The summed E-state index contributed by atoms with van der Waals surface area (Å²) in [6.07, 6.45) is 0. The third-order valence-corrected chi connectivity index (χ3v) is 3.94. The van der Waals surface area contributed by atoms with Crippen LogP contribution in [0.1, 0.15) is 6.92 Å². The highest BCUT2D eigenvalue weighted by Gasteiger charge is 2.18. The van der Waals surface area contributed by atoms with Gasteiger partial charge in [0.15, 0.2) is 0 Å². The van der Waals surface area contributed by atoms with Crippen molar-refractivity contribution >= 4 is 29.1 Å². The summed E-state index contributed by atoms with van der Waals surface area (Å²) in [7, 11) is 0. The van der Waals surface area contributed by atoms with Crippen LogP contribution in [0.4, 0.5) is 5.69 Å². The van der Waals surface area contributed by atoms with Crippen LogP contribution in [0.2, 0.25) is 5.02 Å². The van der Waals surface area contributed by atoms with E-state index in [1.807, 2.05) is 0 Å². The molecule has 25 heavy (non-hydrogen) atoms. The van der Waals surface area contributed by atoms with E-state index in [0.29, 0.717) is 48.4 Å². The number of rotatable bonds is 4. The summed E-state index contributed by atoms with van der Waals surface area (Å²) in [5.41, 5.74) is 1.15. The fraction of sp³-hybridized carbons (Fsp3) is 0.400. The van der Waals surface area contributed by atoms with E-state index < -0.39 is 0 Å². The van der Waals surface area contributed by atoms with Crippen molar-refractivity contribution in [3.05, 3.63) is 23.2 Å². The molecule has 132 valence electrons. The molecule has 1 fully saturated rings. The fourth-order valence-corrected chi connectivity index (χ4v) is 2.63. The van der Waals surface area contributed by atoms with Crippen molar-refractivity contribution in [3.63, 3.8) is 0 Å². The van der Waals surface area contributed by atoms with Gasteiger partial charge in [0, 0.05) is 25.6 Å². The minimum Gasteiger partial charge on any atom is -0.378 e. The van der Waals surface area contributed by atoms with Crippen LogP contribution in [0.25, 0.3) is 11.4 Å². The van der Waals surface area contributed by atoms with Crippen molar-refractivity contribution in [1.82, 2.24) is 25.1 Å². The van der Waals surface area contributed by atoms with Crippen LogP contribution in [-0.4, -0.2) is 63.2 Å². The molecular formula is C15H17ClN6O3. The molecule has 1 aliphatic rings. The van der Waals surface area contributed by atoms with Gasteiger partial charge in [-0.3, -0.25) is 9.59 Å². The molecule has 0 saturated carbocycles. The summed E-state index contributed by atoms with van der Waals surface area (Å²) in [5, 5.41) is 15.1. The average molecular weight is 365 g/mol. The Hall–Kier alpha value is -2.52. The molecule has 2 amide bonds. The van der Waals surface area contributed by atoms with Gasteiger partial charge in [0.2, 0.25) is 17.6 Å². The van der Waals surface area contributed by atoms with E-state index in [2.05, 4.69) is 20.7 Å². The first-order chi connectivity index (χ1) is 12.0. The number of amides is 2. The Morgan fingerprint density at radius 3 is 2.76 bits per heavy atom. The zero-order valence-electron chi connectivity index (χ0n) is 13.6. The van der Waals surface area contributed by atoms with Crippen molar-refractivity contribution in [2.75, 3.05) is 31.6 Å². The Morgan fingerprint density at radius 2 is 2.08 bits per heavy atom. The minimum atomic E-state index is -0.208. The first kappa shape index (κ1) is 17.3. The molecule has 2 heterocycles. The quantitative estimate of drug-likeness (QED) is 0.861. The number of hydrogen-bond donors (Lipinski definition) is 1. The number of carbonyl (C=O) groups is 2. The van der Waals surface area contributed by atoms with Crippen LogP contribution < -0.4 is 5.32 Å². The number of nitrogens with zero attached hydrogens (tertiary/aromatic N) is 5. The van der Waals surface area contributed by atoms with Gasteiger partial charge in [0.05, 0.1) is 23.9 Å². The number of morpholine rings is 1. The van der Waals surface area contributed by atoms with Gasteiger partial charge in [-0.25, -0.2) is 0 Å². The number of nitrogens with one attached hydrogen (secondary N) is 1. The van der Waals surface area contributed by atoms with Crippen LogP contribution in [0.5, 0.6) is 0 Å². The molecular weight excluding hydrogens is 348 g/mol. The Morgan fingerprint density at radius 1 is 1.32 bits per heavy atom. The molecule has 1 saturated heterocycles. The van der Waals surface area contributed by atoms with E-state index in [1.54, 1.807) is 23.1 Å². The van der Waals surface area contributed by atoms with Crippen molar-refractivity contribution < 1.29 is 14.3 Å². The summed E-state index contributed by atoms with van der Waals surface area (Å²) in [4.78, 5) is 26.3. The van der Waals surface area contributed by atoms with Crippen molar-refractivity contribution in [1.29, 1.82) is 0 Å². The van der Waals surface area contributed by atoms with E-state index in [4.69, 9.17) is 16.3 Å². The van der Waals surface area contributed by atoms with Gasteiger partial charge in [0.1, 0.15) is 6.54 Å². The molecule has 0 bridgehead atoms. The van der Waals surface area contributed by atoms with E-state index in [-0.39, 0.29) is 18.4 Å². The topological polar surface area (TPSA) is 102 Å². The summed E-state index contributed by atoms with van der Waals surface area (Å²) < 4.78 is 5.22. The lowest BCUT2D eigenvalue weighted by Gasteiger charge is -2.26. The zero-order chi connectivity index (χ0) is 17.8. The predicted octanol–water partition coefficient (Wildman–Crippen LogP) is 0.811. The molecule has 3 rings (SSSR count). The monoisotopic (exact) mass is 364 g/mol. The minimum absolute atomic E-state index is 0.0186. The summed E-state index contributed by atoms with van der Waals surface area (Å²) in [5.74, 6) is 0.0673. The maximum Gasteiger partial charge on any atom is 0.246 e. The molecule has 9 nitrogen and oxygen atoms in total. The van der Waals surface area contributed by atoms with Crippen LogP contribution in [0.15, 0.2) is 18.2 Å². The van der Waals surface area contributed by atoms with Gasteiger partial charge >= 0.3 is 0 Å². The Kier molecular flexibility index (Phi) is 5.25. The SMILES string of the molecule is CC(=O)Nc1ccc(-c2nnn(CC(=O)N3CCOCC3)n2)cc1Cl. The molecule has 1 aliphatic heterocycles. The van der Waals surface area contributed by atoms with E-state index >= 15 is 0 Å². The first-order valence-corrected chi connectivity index (χ1v) is 8.11. The van der Waals surface area contributed by atoms with E-state index in [9.17, 15) is 9.59 Å². The molecule has 1 aromatic carbocycles. The molecule has 0 spiro atoms. The maximum atomic E-state index is 12.2. The van der Waals surface area contributed by atoms with Crippen molar-refractivity contribution in [2.24, 2.45) is 0 Å². The molecule has 2 aromatic rings. The van der Waals surface area contributed by atoms with Crippen LogP contribution in [0, 0.1) is 0 Å². The maximum absolute atomic E-state index is 12.2. The number of carbonyl (C=O) groups excluding carboxylic acids is 2.